The molecule has 0 amide bonds. The Hall–Kier alpha value is -2.00. The number of rotatable bonds is 8. The summed E-state index contributed by atoms with van der Waals surface area (Å²) in [4.78, 5) is 0. The van der Waals surface area contributed by atoms with Gasteiger partial charge in [0.05, 0.1) is 13.7 Å². The van der Waals surface area contributed by atoms with E-state index in [1.165, 1.54) is 11.1 Å². The van der Waals surface area contributed by atoms with Crippen LogP contribution < -0.4 is 14.8 Å². The van der Waals surface area contributed by atoms with Crippen molar-refractivity contribution in [3.63, 3.8) is 0 Å². The Morgan fingerprint density at radius 3 is 2.48 bits per heavy atom. The Kier molecular flexibility index (Phi) is 6.10. The standard InChI is InChI=1S/C18H23NO2/c1-3-19-14-16-9-10-17(18(13-16)20-2)21-12-11-15-7-5-4-6-8-15/h4-10,13,19H,3,11-12,14H2,1-2H3. The van der Waals surface area contributed by atoms with Crippen molar-refractivity contribution in [2.45, 2.75) is 19.9 Å². The van der Waals surface area contributed by atoms with Crippen molar-refractivity contribution in [1.82, 2.24) is 5.32 Å². The fourth-order valence-electron chi connectivity index (χ4n) is 2.13. The van der Waals surface area contributed by atoms with Crippen LogP contribution in [0.5, 0.6) is 11.5 Å². The molecule has 0 aliphatic heterocycles. The Bertz CT molecular complexity index is 540. The van der Waals surface area contributed by atoms with Crippen molar-refractivity contribution in [3.05, 3.63) is 59.7 Å². The Morgan fingerprint density at radius 2 is 1.76 bits per heavy atom. The van der Waals surface area contributed by atoms with Crippen LogP contribution >= 0.6 is 0 Å². The van der Waals surface area contributed by atoms with Gasteiger partial charge < -0.3 is 14.8 Å². The summed E-state index contributed by atoms with van der Waals surface area (Å²) in [5, 5.41) is 3.30. The van der Waals surface area contributed by atoms with Crippen LogP contribution in [0.3, 0.4) is 0 Å². The van der Waals surface area contributed by atoms with E-state index in [2.05, 4.69) is 30.4 Å². The fraction of sp³-hybridized carbons (Fsp3) is 0.333. The lowest BCUT2D eigenvalue weighted by atomic mass is 10.1. The molecule has 0 radical (unpaired) electrons. The van der Waals surface area contributed by atoms with E-state index < -0.39 is 0 Å². The number of hydrogen-bond donors (Lipinski definition) is 1. The first-order valence-corrected chi connectivity index (χ1v) is 7.38. The van der Waals surface area contributed by atoms with Gasteiger partial charge in [0.1, 0.15) is 0 Å². The number of benzene rings is 2. The van der Waals surface area contributed by atoms with Crippen LogP contribution in [0.4, 0.5) is 0 Å². The highest BCUT2D eigenvalue weighted by molar-refractivity contribution is 5.43. The third kappa shape index (κ3) is 4.80. The molecule has 0 fully saturated rings. The van der Waals surface area contributed by atoms with Crippen LogP contribution in [-0.2, 0) is 13.0 Å². The molecule has 0 spiro atoms. The molecule has 0 atom stereocenters. The van der Waals surface area contributed by atoms with Gasteiger partial charge in [-0.15, -0.1) is 0 Å². The van der Waals surface area contributed by atoms with Gasteiger partial charge in [-0.25, -0.2) is 0 Å². The number of methoxy groups -OCH3 is 1. The largest absolute Gasteiger partial charge is 0.493 e. The van der Waals surface area contributed by atoms with Crippen molar-refractivity contribution < 1.29 is 9.47 Å². The van der Waals surface area contributed by atoms with Crippen LogP contribution in [0.25, 0.3) is 0 Å². The molecule has 2 aromatic carbocycles. The fourth-order valence-corrected chi connectivity index (χ4v) is 2.13. The Labute approximate surface area is 126 Å². The molecule has 0 aromatic heterocycles. The number of hydrogen-bond acceptors (Lipinski definition) is 3. The number of ether oxygens (including phenoxy) is 2. The minimum absolute atomic E-state index is 0.646. The molecule has 0 unspecified atom stereocenters. The molecule has 112 valence electrons. The molecule has 0 saturated heterocycles. The molecule has 3 nitrogen and oxygen atoms in total. The average Bonchev–Trinajstić information content (AvgIpc) is 2.54. The molecule has 1 N–H and O–H groups in total. The van der Waals surface area contributed by atoms with Gasteiger partial charge in [0.25, 0.3) is 0 Å². The molecule has 3 heteroatoms. The predicted molar refractivity (Wildman–Crippen MR) is 86.0 cm³/mol. The molecule has 0 bridgehead atoms. The van der Waals surface area contributed by atoms with Gasteiger partial charge in [-0.1, -0.05) is 43.3 Å². The van der Waals surface area contributed by atoms with Crippen LogP contribution in [0.2, 0.25) is 0 Å². The summed E-state index contributed by atoms with van der Waals surface area (Å²) in [6.45, 7) is 4.54. The summed E-state index contributed by atoms with van der Waals surface area (Å²) in [5.74, 6) is 1.59. The van der Waals surface area contributed by atoms with Gasteiger partial charge in [-0.2, -0.15) is 0 Å². The Morgan fingerprint density at radius 1 is 0.952 bits per heavy atom. The zero-order valence-electron chi connectivity index (χ0n) is 12.8. The van der Waals surface area contributed by atoms with E-state index >= 15 is 0 Å². The zero-order chi connectivity index (χ0) is 14.9. The van der Waals surface area contributed by atoms with Gasteiger partial charge in [0.2, 0.25) is 0 Å². The third-order valence-corrected chi connectivity index (χ3v) is 3.30. The van der Waals surface area contributed by atoms with Gasteiger partial charge in [-0.3, -0.25) is 0 Å². The van der Waals surface area contributed by atoms with Crippen molar-refractivity contribution in [3.8, 4) is 11.5 Å². The lowest BCUT2D eigenvalue weighted by Crippen LogP contribution is -2.11. The molecule has 0 aliphatic rings. The first-order valence-electron chi connectivity index (χ1n) is 7.38. The second-order valence-electron chi connectivity index (χ2n) is 4.85. The van der Waals surface area contributed by atoms with Gasteiger partial charge in [0, 0.05) is 13.0 Å². The minimum atomic E-state index is 0.646. The monoisotopic (exact) mass is 285 g/mol. The average molecular weight is 285 g/mol. The molecule has 0 saturated carbocycles. The second kappa shape index (κ2) is 8.32. The summed E-state index contributed by atoms with van der Waals surface area (Å²) in [5.41, 5.74) is 2.48. The van der Waals surface area contributed by atoms with Gasteiger partial charge in [-0.05, 0) is 29.8 Å². The summed E-state index contributed by atoms with van der Waals surface area (Å²) < 4.78 is 11.3. The SMILES string of the molecule is CCNCc1ccc(OCCc2ccccc2)c(OC)c1. The summed E-state index contributed by atoms with van der Waals surface area (Å²) in [6, 6.07) is 16.4. The molecule has 0 aliphatic carbocycles. The topological polar surface area (TPSA) is 30.5 Å². The van der Waals surface area contributed by atoms with Crippen molar-refractivity contribution in [1.29, 1.82) is 0 Å². The highest BCUT2D eigenvalue weighted by Gasteiger charge is 2.05. The lowest BCUT2D eigenvalue weighted by molar-refractivity contribution is 0.297. The minimum Gasteiger partial charge on any atom is -0.493 e. The highest BCUT2D eigenvalue weighted by atomic mass is 16.5. The quantitative estimate of drug-likeness (QED) is 0.806. The first kappa shape index (κ1) is 15.4. The maximum Gasteiger partial charge on any atom is 0.161 e. The summed E-state index contributed by atoms with van der Waals surface area (Å²) in [7, 11) is 1.68. The first-order chi connectivity index (χ1) is 10.3. The third-order valence-electron chi connectivity index (χ3n) is 3.30. The van der Waals surface area contributed by atoms with E-state index in [9.17, 15) is 0 Å². The smallest absolute Gasteiger partial charge is 0.161 e. The van der Waals surface area contributed by atoms with Crippen molar-refractivity contribution in [2.24, 2.45) is 0 Å². The van der Waals surface area contributed by atoms with Crippen LogP contribution in [0.15, 0.2) is 48.5 Å². The predicted octanol–water partition coefficient (Wildman–Crippen LogP) is 3.43. The van der Waals surface area contributed by atoms with Gasteiger partial charge in [0.15, 0.2) is 11.5 Å². The van der Waals surface area contributed by atoms with Gasteiger partial charge >= 0.3 is 0 Å². The van der Waals surface area contributed by atoms with Crippen molar-refractivity contribution >= 4 is 0 Å². The molecule has 21 heavy (non-hydrogen) atoms. The summed E-state index contributed by atoms with van der Waals surface area (Å²) >= 11 is 0. The molecule has 2 rings (SSSR count). The van der Waals surface area contributed by atoms with E-state index in [4.69, 9.17) is 9.47 Å². The molecular weight excluding hydrogens is 262 g/mol. The number of nitrogens with one attached hydrogen (secondary N) is 1. The van der Waals surface area contributed by atoms with E-state index in [0.717, 1.165) is 31.0 Å². The van der Waals surface area contributed by atoms with Crippen molar-refractivity contribution in [2.75, 3.05) is 20.3 Å². The van der Waals surface area contributed by atoms with Crippen LogP contribution in [-0.4, -0.2) is 20.3 Å². The van der Waals surface area contributed by atoms with E-state index in [-0.39, 0.29) is 0 Å². The molecule has 2 aromatic rings. The van der Waals surface area contributed by atoms with E-state index in [1.54, 1.807) is 7.11 Å². The zero-order valence-corrected chi connectivity index (χ0v) is 12.8. The maximum atomic E-state index is 5.85. The van der Waals surface area contributed by atoms with Crippen LogP contribution in [0.1, 0.15) is 18.1 Å². The highest BCUT2D eigenvalue weighted by Crippen LogP contribution is 2.28. The summed E-state index contributed by atoms with van der Waals surface area (Å²) in [6.07, 6.45) is 0.892. The van der Waals surface area contributed by atoms with Crippen LogP contribution in [0, 0.1) is 0 Å². The van der Waals surface area contributed by atoms with E-state index in [0.29, 0.717) is 6.61 Å². The molecule has 0 heterocycles. The normalized spacial score (nSPS) is 10.4. The van der Waals surface area contributed by atoms with E-state index in [1.807, 2.05) is 30.3 Å². The Balaban J connectivity index is 1.93. The molecular formula is C18H23NO2. The maximum absolute atomic E-state index is 5.85. The lowest BCUT2D eigenvalue weighted by Gasteiger charge is -2.12. The second-order valence-corrected chi connectivity index (χ2v) is 4.85.